The topological polar surface area (TPSA) is 61.4 Å². The van der Waals surface area contributed by atoms with Crippen molar-refractivity contribution in [2.45, 2.75) is 6.92 Å². The lowest BCUT2D eigenvalue weighted by molar-refractivity contribution is 0.101. The largest absolute Gasteiger partial charge is 0.367 e. The summed E-state index contributed by atoms with van der Waals surface area (Å²) >= 11 is 0. The van der Waals surface area contributed by atoms with Gasteiger partial charge < -0.3 is 4.84 Å². The minimum absolute atomic E-state index is 0.0994. The molecule has 1 aromatic heterocycles. The molecule has 6 heteroatoms. The minimum Gasteiger partial charge on any atom is -0.367 e. The fourth-order valence-electron chi connectivity index (χ4n) is 1.91. The van der Waals surface area contributed by atoms with Crippen LogP contribution in [0.5, 0.6) is 5.75 Å². The highest BCUT2D eigenvalue weighted by Gasteiger charge is 2.11. The first-order valence-corrected chi connectivity index (χ1v) is 6.20. The second-order valence-corrected chi connectivity index (χ2v) is 4.39. The van der Waals surface area contributed by atoms with E-state index >= 15 is 0 Å². The Labute approximate surface area is 120 Å². The van der Waals surface area contributed by atoms with Gasteiger partial charge in [0.25, 0.3) is 0 Å². The van der Waals surface area contributed by atoms with Crippen LogP contribution in [0.4, 0.5) is 5.69 Å². The van der Waals surface area contributed by atoms with Crippen molar-refractivity contribution in [2.75, 3.05) is 0 Å². The number of fused-ring (bicyclic) bond motifs is 1. The van der Waals surface area contributed by atoms with Gasteiger partial charge in [-0.2, -0.15) is 0 Å². The van der Waals surface area contributed by atoms with Crippen molar-refractivity contribution in [3.05, 3.63) is 59.4 Å². The molecule has 0 N–H and O–H groups in total. The molecule has 6 nitrogen and oxygen atoms in total. The van der Waals surface area contributed by atoms with Crippen LogP contribution in [0.25, 0.3) is 15.9 Å². The molecule has 3 rings (SSSR count). The second-order valence-electron chi connectivity index (χ2n) is 4.39. The number of para-hydroxylation sites is 1. The molecule has 3 aromatic rings. The predicted molar refractivity (Wildman–Crippen MR) is 76.3 cm³/mol. The standard InChI is InChI=1S/C15H10N4O2/c1-10(20)11-7-8-15(13(9-11)16-2)21-19-14-6-4-3-5-12(14)17-18-19/h3-9H,1H3. The Morgan fingerprint density at radius 3 is 2.86 bits per heavy atom. The van der Waals surface area contributed by atoms with E-state index in [-0.39, 0.29) is 11.5 Å². The summed E-state index contributed by atoms with van der Waals surface area (Å²) in [7, 11) is 0. The lowest BCUT2D eigenvalue weighted by Gasteiger charge is -2.07. The van der Waals surface area contributed by atoms with E-state index in [0.29, 0.717) is 22.3 Å². The van der Waals surface area contributed by atoms with Gasteiger partial charge in [0.05, 0.1) is 6.57 Å². The number of aromatic nitrogens is 3. The Morgan fingerprint density at radius 2 is 2.10 bits per heavy atom. The van der Waals surface area contributed by atoms with Crippen LogP contribution in [0.15, 0.2) is 42.5 Å². The first-order chi connectivity index (χ1) is 10.2. The van der Waals surface area contributed by atoms with Gasteiger partial charge >= 0.3 is 0 Å². The number of nitrogens with zero attached hydrogens (tertiary/aromatic N) is 4. The number of hydrogen-bond acceptors (Lipinski definition) is 4. The van der Waals surface area contributed by atoms with Gasteiger partial charge in [0.2, 0.25) is 5.69 Å². The highest BCUT2D eigenvalue weighted by Crippen LogP contribution is 2.29. The average molecular weight is 278 g/mol. The van der Waals surface area contributed by atoms with E-state index in [9.17, 15) is 4.79 Å². The number of hydrogen-bond donors (Lipinski definition) is 0. The molecule has 0 radical (unpaired) electrons. The molecule has 0 spiro atoms. The SMILES string of the molecule is [C-]#[N+]c1cc(C(C)=O)ccc1On1nnc2ccccc21. The third-order valence-electron chi connectivity index (χ3n) is 2.99. The summed E-state index contributed by atoms with van der Waals surface area (Å²) in [5.41, 5.74) is 2.12. The van der Waals surface area contributed by atoms with E-state index < -0.39 is 0 Å². The molecule has 0 bridgehead atoms. The highest BCUT2D eigenvalue weighted by molar-refractivity contribution is 5.95. The Bertz CT molecular complexity index is 877. The smallest absolute Gasteiger partial charge is 0.232 e. The van der Waals surface area contributed by atoms with Crippen molar-refractivity contribution in [2.24, 2.45) is 0 Å². The molecule has 0 saturated carbocycles. The van der Waals surface area contributed by atoms with Crippen LogP contribution in [0, 0.1) is 6.57 Å². The number of rotatable bonds is 3. The van der Waals surface area contributed by atoms with Crippen molar-refractivity contribution in [3.8, 4) is 5.75 Å². The van der Waals surface area contributed by atoms with Crippen molar-refractivity contribution in [3.63, 3.8) is 0 Å². The molecule has 0 aliphatic carbocycles. The maximum Gasteiger partial charge on any atom is 0.232 e. The highest BCUT2D eigenvalue weighted by atomic mass is 16.7. The van der Waals surface area contributed by atoms with Gasteiger partial charge in [0.1, 0.15) is 11.0 Å². The Kier molecular flexibility index (Phi) is 3.09. The van der Waals surface area contributed by atoms with E-state index in [1.54, 1.807) is 12.1 Å². The third kappa shape index (κ3) is 2.32. The number of carbonyl (C=O) groups is 1. The van der Waals surface area contributed by atoms with E-state index in [1.807, 2.05) is 24.3 Å². The van der Waals surface area contributed by atoms with E-state index in [0.717, 1.165) is 0 Å². The van der Waals surface area contributed by atoms with Crippen LogP contribution in [-0.4, -0.2) is 20.9 Å². The zero-order valence-corrected chi connectivity index (χ0v) is 11.1. The van der Waals surface area contributed by atoms with Crippen molar-refractivity contribution >= 4 is 22.5 Å². The second kappa shape index (κ2) is 5.06. The summed E-state index contributed by atoms with van der Waals surface area (Å²) in [4.78, 5) is 21.6. The quantitative estimate of drug-likeness (QED) is 0.545. The molecule has 0 fully saturated rings. The van der Waals surface area contributed by atoms with E-state index in [1.165, 1.54) is 17.8 Å². The molecule has 0 unspecified atom stereocenters. The van der Waals surface area contributed by atoms with Gasteiger partial charge in [-0.15, -0.1) is 5.10 Å². The zero-order valence-electron chi connectivity index (χ0n) is 11.1. The zero-order chi connectivity index (χ0) is 14.8. The van der Waals surface area contributed by atoms with Crippen LogP contribution in [0.3, 0.4) is 0 Å². The van der Waals surface area contributed by atoms with Gasteiger partial charge in [-0.1, -0.05) is 23.0 Å². The van der Waals surface area contributed by atoms with Crippen LogP contribution in [-0.2, 0) is 0 Å². The Balaban J connectivity index is 2.02. The summed E-state index contributed by atoms with van der Waals surface area (Å²) in [5, 5.41) is 7.87. The van der Waals surface area contributed by atoms with Crippen molar-refractivity contribution in [1.82, 2.24) is 15.2 Å². The lowest BCUT2D eigenvalue weighted by Crippen LogP contribution is -2.07. The Hall–Kier alpha value is -3.20. The average Bonchev–Trinajstić information content (AvgIpc) is 2.91. The monoisotopic (exact) mass is 278 g/mol. The summed E-state index contributed by atoms with van der Waals surface area (Å²) < 4.78 is 0. The fourth-order valence-corrected chi connectivity index (χ4v) is 1.91. The van der Waals surface area contributed by atoms with Crippen LogP contribution in [0.1, 0.15) is 17.3 Å². The molecule has 0 saturated heterocycles. The number of benzene rings is 2. The summed E-state index contributed by atoms with van der Waals surface area (Å²) in [6.45, 7) is 8.66. The van der Waals surface area contributed by atoms with Gasteiger partial charge in [-0.05, 0) is 36.4 Å². The third-order valence-corrected chi connectivity index (χ3v) is 2.99. The number of carbonyl (C=O) groups excluding carboxylic acids is 1. The molecular weight excluding hydrogens is 268 g/mol. The normalized spacial score (nSPS) is 10.3. The first-order valence-electron chi connectivity index (χ1n) is 6.20. The summed E-state index contributed by atoms with van der Waals surface area (Å²) in [5.74, 6) is 0.225. The van der Waals surface area contributed by atoms with Crippen LogP contribution >= 0.6 is 0 Å². The molecule has 2 aromatic carbocycles. The molecule has 1 heterocycles. The fraction of sp³-hybridized carbons (Fsp3) is 0.0667. The van der Waals surface area contributed by atoms with Gasteiger partial charge in [-0.3, -0.25) is 4.79 Å². The molecule has 0 aliphatic heterocycles. The molecule has 0 amide bonds. The van der Waals surface area contributed by atoms with Crippen LogP contribution < -0.4 is 4.84 Å². The number of Topliss-reactive ketones (excluding diaryl/α,β-unsaturated/α-hetero) is 1. The molecule has 21 heavy (non-hydrogen) atoms. The lowest BCUT2D eigenvalue weighted by atomic mass is 10.1. The van der Waals surface area contributed by atoms with Gasteiger partial charge in [-0.25, -0.2) is 4.85 Å². The predicted octanol–water partition coefficient (Wildman–Crippen LogP) is 3.03. The maximum atomic E-state index is 11.3. The van der Waals surface area contributed by atoms with E-state index in [2.05, 4.69) is 15.2 Å². The molecular formula is C15H10N4O2. The molecule has 102 valence electrons. The van der Waals surface area contributed by atoms with Gasteiger partial charge in [0, 0.05) is 5.56 Å². The number of ketones is 1. The Morgan fingerprint density at radius 1 is 1.29 bits per heavy atom. The molecule has 0 atom stereocenters. The van der Waals surface area contributed by atoms with E-state index in [4.69, 9.17) is 11.4 Å². The van der Waals surface area contributed by atoms with Crippen LogP contribution in [0.2, 0.25) is 0 Å². The van der Waals surface area contributed by atoms with Crippen molar-refractivity contribution in [1.29, 1.82) is 0 Å². The minimum atomic E-state index is -0.0994. The first kappa shape index (κ1) is 12.8. The molecule has 0 aliphatic rings. The van der Waals surface area contributed by atoms with Gasteiger partial charge in [0.15, 0.2) is 11.5 Å². The summed E-state index contributed by atoms with van der Waals surface area (Å²) in [6, 6.07) is 12.0. The maximum absolute atomic E-state index is 11.3. The van der Waals surface area contributed by atoms with Crippen molar-refractivity contribution < 1.29 is 9.63 Å². The summed E-state index contributed by atoms with van der Waals surface area (Å²) in [6.07, 6.45) is 0.